The summed E-state index contributed by atoms with van der Waals surface area (Å²) in [4.78, 5) is 0. The van der Waals surface area contributed by atoms with E-state index in [0.717, 1.165) is 5.39 Å². The molecule has 2 aromatic carbocycles. The summed E-state index contributed by atoms with van der Waals surface area (Å²) >= 11 is 0. The van der Waals surface area contributed by atoms with Crippen molar-refractivity contribution in [2.24, 2.45) is 0 Å². The van der Waals surface area contributed by atoms with E-state index in [0.29, 0.717) is 11.1 Å². The van der Waals surface area contributed by atoms with E-state index in [4.69, 9.17) is 4.42 Å². The molecular weight excluding hydrogens is 262 g/mol. The highest BCUT2D eigenvalue weighted by Gasteiger charge is 2.18. The maximum Gasteiger partial charge on any atom is 0.134 e. The Kier molecular flexibility index (Phi) is 3.24. The zero-order chi connectivity index (χ0) is 14.1. The van der Waals surface area contributed by atoms with Crippen molar-refractivity contribution in [3.63, 3.8) is 0 Å². The lowest BCUT2D eigenvalue weighted by atomic mass is 10.00. The fourth-order valence-electron chi connectivity index (χ4n) is 2.29. The Balaban J connectivity index is 1.95. The largest absolute Gasteiger partial charge is 0.464 e. The monoisotopic (exact) mass is 274 g/mol. The Bertz CT molecular complexity index is 729. The maximum absolute atomic E-state index is 13.6. The molecule has 1 unspecified atom stereocenters. The summed E-state index contributed by atoms with van der Waals surface area (Å²) in [5.41, 5.74) is 1.05. The van der Waals surface area contributed by atoms with Crippen LogP contribution in [0.3, 0.4) is 0 Å². The lowest BCUT2D eigenvalue weighted by Gasteiger charge is -2.10. The second-order valence-corrected chi connectivity index (χ2v) is 4.61. The Morgan fingerprint density at radius 2 is 1.70 bits per heavy atom. The molecule has 1 heterocycles. The van der Waals surface area contributed by atoms with Crippen LogP contribution in [-0.4, -0.2) is 5.11 Å². The number of para-hydroxylation sites is 1. The second-order valence-electron chi connectivity index (χ2n) is 4.61. The summed E-state index contributed by atoms with van der Waals surface area (Å²) in [6.07, 6.45) is 0.265. The summed E-state index contributed by atoms with van der Waals surface area (Å²) in [7, 11) is 0. The highest BCUT2D eigenvalue weighted by molar-refractivity contribution is 5.81. The summed E-state index contributed by atoms with van der Waals surface area (Å²) < 4.78 is 32.5. The summed E-state index contributed by atoms with van der Waals surface area (Å²) in [6, 6.07) is 10.9. The molecule has 1 atom stereocenters. The van der Waals surface area contributed by atoms with Crippen molar-refractivity contribution in [1.29, 1.82) is 0 Å². The van der Waals surface area contributed by atoms with E-state index in [-0.39, 0.29) is 12.0 Å². The number of aliphatic hydroxyl groups is 1. The van der Waals surface area contributed by atoms with Crippen molar-refractivity contribution < 1.29 is 18.3 Å². The molecule has 0 aliphatic carbocycles. The van der Waals surface area contributed by atoms with Crippen LogP contribution in [0.2, 0.25) is 0 Å². The summed E-state index contributed by atoms with van der Waals surface area (Å²) in [6.45, 7) is 0. The molecule has 4 heteroatoms. The van der Waals surface area contributed by atoms with Gasteiger partial charge < -0.3 is 9.52 Å². The first kappa shape index (κ1) is 12.8. The van der Waals surface area contributed by atoms with Crippen LogP contribution < -0.4 is 0 Å². The number of halogens is 2. The normalized spacial score (nSPS) is 12.8. The van der Waals surface area contributed by atoms with Crippen molar-refractivity contribution in [3.05, 3.63) is 71.5 Å². The van der Waals surface area contributed by atoms with Gasteiger partial charge in [-0.2, -0.15) is 0 Å². The maximum atomic E-state index is 13.6. The first-order chi connectivity index (χ1) is 9.66. The predicted molar refractivity (Wildman–Crippen MR) is 71.2 cm³/mol. The number of hydrogen-bond donors (Lipinski definition) is 1. The quantitative estimate of drug-likeness (QED) is 0.783. The molecule has 0 aliphatic heterocycles. The van der Waals surface area contributed by atoms with Gasteiger partial charge in [0.1, 0.15) is 17.2 Å². The zero-order valence-electron chi connectivity index (χ0n) is 10.5. The first-order valence-electron chi connectivity index (χ1n) is 6.24. The number of fused-ring (bicyclic) bond motifs is 1. The minimum absolute atomic E-state index is 0.120. The fraction of sp³-hybridized carbons (Fsp3) is 0.125. The van der Waals surface area contributed by atoms with Gasteiger partial charge in [0.05, 0.1) is 12.4 Å². The van der Waals surface area contributed by atoms with Gasteiger partial charge in [-0.25, -0.2) is 8.78 Å². The molecule has 20 heavy (non-hydrogen) atoms. The molecule has 0 saturated carbocycles. The van der Waals surface area contributed by atoms with Gasteiger partial charge in [-0.15, -0.1) is 0 Å². The molecule has 1 N–H and O–H groups in total. The molecule has 102 valence electrons. The second kappa shape index (κ2) is 5.06. The minimum Gasteiger partial charge on any atom is -0.464 e. The number of rotatable bonds is 3. The van der Waals surface area contributed by atoms with Crippen molar-refractivity contribution >= 4 is 11.0 Å². The molecule has 0 bridgehead atoms. The van der Waals surface area contributed by atoms with E-state index in [9.17, 15) is 13.9 Å². The average Bonchev–Trinajstić information content (AvgIpc) is 2.87. The van der Waals surface area contributed by atoms with E-state index >= 15 is 0 Å². The number of hydrogen-bond acceptors (Lipinski definition) is 2. The fourth-order valence-corrected chi connectivity index (χ4v) is 2.29. The third-order valence-electron chi connectivity index (χ3n) is 3.33. The molecule has 0 aliphatic rings. The molecule has 0 fully saturated rings. The van der Waals surface area contributed by atoms with Gasteiger partial charge in [-0.3, -0.25) is 0 Å². The van der Waals surface area contributed by atoms with Crippen molar-refractivity contribution in [1.82, 2.24) is 0 Å². The standard InChI is InChI=1S/C16H12F2O2/c17-13-5-3-6-14(18)11(13)8-15(19)12-9-20-16-7-2-1-4-10(12)16/h1-7,9,15,19H,8H2. The lowest BCUT2D eigenvalue weighted by Crippen LogP contribution is -2.05. The van der Waals surface area contributed by atoms with Crippen molar-refractivity contribution in [2.75, 3.05) is 0 Å². The minimum atomic E-state index is -1.02. The number of furan rings is 1. The van der Waals surface area contributed by atoms with Gasteiger partial charge in [0.15, 0.2) is 0 Å². The molecule has 0 spiro atoms. The van der Waals surface area contributed by atoms with E-state index in [1.807, 2.05) is 12.1 Å². The van der Waals surface area contributed by atoms with Gasteiger partial charge in [-0.05, 0) is 18.2 Å². The van der Waals surface area contributed by atoms with Crippen LogP contribution in [0.15, 0.2) is 53.1 Å². The van der Waals surface area contributed by atoms with E-state index in [2.05, 4.69) is 0 Å². The lowest BCUT2D eigenvalue weighted by molar-refractivity contribution is 0.176. The number of benzene rings is 2. The van der Waals surface area contributed by atoms with Crippen LogP contribution in [0.1, 0.15) is 17.2 Å². The van der Waals surface area contributed by atoms with Crippen LogP contribution in [-0.2, 0) is 6.42 Å². The topological polar surface area (TPSA) is 33.4 Å². The van der Waals surface area contributed by atoms with Crippen molar-refractivity contribution in [3.8, 4) is 0 Å². The van der Waals surface area contributed by atoms with Crippen molar-refractivity contribution in [2.45, 2.75) is 12.5 Å². The molecule has 0 saturated heterocycles. The van der Waals surface area contributed by atoms with Gasteiger partial charge >= 0.3 is 0 Å². The third-order valence-corrected chi connectivity index (χ3v) is 3.33. The van der Waals surface area contributed by atoms with Crippen LogP contribution in [0, 0.1) is 11.6 Å². The molecule has 0 amide bonds. The molecular formula is C16H12F2O2. The van der Waals surface area contributed by atoms with Gasteiger partial charge in [-0.1, -0.05) is 24.3 Å². The van der Waals surface area contributed by atoms with Crippen LogP contribution in [0.5, 0.6) is 0 Å². The average molecular weight is 274 g/mol. The van der Waals surface area contributed by atoms with E-state index in [1.165, 1.54) is 24.5 Å². The Morgan fingerprint density at radius 3 is 2.45 bits per heavy atom. The zero-order valence-corrected chi connectivity index (χ0v) is 10.5. The predicted octanol–water partition coefficient (Wildman–Crippen LogP) is 3.99. The van der Waals surface area contributed by atoms with Crippen LogP contribution in [0.25, 0.3) is 11.0 Å². The van der Waals surface area contributed by atoms with Gasteiger partial charge in [0.25, 0.3) is 0 Å². The van der Waals surface area contributed by atoms with Gasteiger partial charge in [0, 0.05) is 22.9 Å². The SMILES string of the molecule is OC(Cc1c(F)cccc1F)c1coc2ccccc12. The molecule has 0 radical (unpaired) electrons. The van der Waals surface area contributed by atoms with E-state index < -0.39 is 17.7 Å². The highest BCUT2D eigenvalue weighted by Crippen LogP contribution is 2.29. The van der Waals surface area contributed by atoms with E-state index in [1.54, 1.807) is 12.1 Å². The first-order valence-corrected chi connectivity index (χ1v) is 6.24. The highest BCUT2D eigenvalue weighted by atomic mass is 19.1. The van der Waals surface area contributed by atoms with Gasteiger partial charge in [0.2, 0.25) is 0 Å². The molecule has 3 rings (SSSR count). The van der Waals surface area contributed by atoms with Crippen LogP contribution >= 0.6 is 0 Å². The van der Waals surface area contributed by atoms with Crippen LogP contribution in [0.4, 0.5) is 8.78 Å². The molecule has 2 nitrogen and oxygen atoms in total. The molecule has 1 aromatic heterocycles. The third kappa shape index (κ3) is 2.18. The Morgan fingerprint density at radius 1 is 1.00 bits per heavy atom. The molecule has 3 aromatic rings. The Labute approximate surface area is 114 Å². The summed E-state index contributed by atoms with van der Waals surface area (Å²) in [5, 5.41) is 11.0. The Hall–Kier alpha value is -2.20. The number of aliphatic hydroxyl groups excluding tert-OH is 1. The smallest absolute Gasteiger partial charge is 0.134 e. The summed E-state index contributed by atoms with van der Waals surface area (Å²) in [5.74, 6) is -1.31.